The third kappa shape index (κ3) is 4.13. The molecule has 2 aromatic carbocycles. The van der Waals surface area contributed by atoms with Crippen LogP contribution in [0.15, 0.2) is 42.5 Å². The van der Waals surface area contributed by atoms with Gasteiger partial charge < -0.3 is 9.88 Å². The minimum Gasteiger partial charge on any atom is -0.311 e. The van der Waals surface area contributed by atoms with E-state index in [1.165, 1.54) is 12.1 Å². The zero-order valence-corrected chi connectivity index (χ0v) is 15.1. The lowest BCUT2D eigenvalue weighted by molar-refractivity contribution is -0.147. The minimum absolute atomic E-state index is 0.113. The van der Waals surface area contributed by atoms with Gasteiger partial charge in [0.2, 0.25) is 11.7 Å². The van der Waals surface area contributed by atoms with Gasteiger partial charge in [0.15, 0.2) is 0 Å². The second-order valence-corrected chi connectivity index (χ2v) is 6.31. The zero-order chi connectivity index (χ0) is 20.5. The molecule has 0 fully saturated rings. The number of halogens is 3. The SMILES string of the molecule is Cc1ccc(NC(=O)NC(=O)Cn2c(C(F)(F)F)nc3ccccc32)cc1C. The van der Waals surface area contributed by atoms with Crippen molar-refractivity contribution in [3.05, 3.63) is 59.4 Å². The number of urea groups is 1. The molecule has 0 aliphatic carbocycles. The summed E-state index contributed by atoms with van der Waals surface area (Å²) in [6.07, 6.45) is -4.74. The molecule has 0 unspecified atom stereocenters. The normalized spacial score (nSPS) is 11.5. The second kappa shape index (κ2) is 7.34. The van der Waals surface area contributed by atoms with Crippen LogP contribution in [0.25, 0.3) is 11.0 Å². The van der Waals surface area contributed by atoms with Crippen LogP contribution in [-0.4, -0.2) is 21.5 Å². The lowest BCUT2D eigenvalue weighted by Crippen LogP contribution is -2.37. The molecule has 146 valence electrons. The molecule has 9 heteroatoms. The number of imide groups is 1. The van der Waals surface area contributed by atoms with Crippen LogP contribution < -0.4 is 10.6 Å². The molecule has 28 heavy (non-hydrogen) atoms. The number of nitrogens with one attached hydrogen (secondary N) is 2. The van der Waals surface area contributed by atoms with Gasteiger partial charge in [-0.15, -0.1) is 0 Å². The maximum Gasteiger partial charge on any atom is 0.449 e. The maximum atomic E-state index is 13.3. The third-order valence-electron chi connectivity index (χ3n) is 4.23. The van der Waals surface area contributed by atoms with Crippen molar-refractivity contribution in [2.24, 2.45) is 0 Å². The van der Waals surface area contributed by atoms with Crippen molar-refractivity contribution >= 4 is 28.7 Å². The Morgan fingerprint density at radius 2 is 1.79 bits per heavy atom. The molecule has 3 aromatic rings. The Hall–Kier alpha value is -3.36. The van der Waals surface area contributed by atoms with Gasteiger partial charge in [0.1, 0.15) is 6.54 Å². The molecule has 0 radical (unpaired) electrons. The summed E-state index contributed by atoms with van der Waals surface area (Å²) < 4.78 is 40.5. The molecule has 1 aromatic heterocycles. The average molecular weight is 390 g/mol. The third-order valence-corrected chi connectivity index (χ3v) is 4.23. The highest BCUT2D eigenvalue weighted by Gasteiger charge is 2.38. The number of anilines is 1. The van der Waals surface area contributed by atoms with Crippen molar-refractivity contribution in [3.8, 4) is 0 Å². The van der Waals surface area contributed by atoms with Crippen LogP contribution in [0.2, 0.25) is 0 Å². The maximum absolute atomic E-state index is 13.3. The van der Waals surface area contributed by atoms with E-state index in [0.717, 1.165) is 15.7 Å². The fourth-order valence-corrected chi connectivity index (χ4v) is 2.74. The summed E-state index contributed by atoms with van der Waals surface area (Å²) in [5, 5.41) is 4.52. The molecule has 0 spiro atoms. The number of carbonyl (C=O) groups is 2. The van der Waals surface area contributed by atoms with E-state index in [2.05, 4.69) is 10.3 Å². The van der Waals surface area contributed by atoms with Gasteiger partial charge in [0.25, 0.3) is 0 Å². The summed E-state index contributed by atoms with van der Waals surface area (Å²) in [6.45, 7) is 3.08. The number of imidazole rings is 1. The highest BCUT2D eigenvalue weighted by molar-refractivity contribution is 6.01. The highest BCUT2D eigenvalue weighted by atomic mass is 19.4. The van der Waals surface area contributed by atoms with E-state index in [9.17, 15) is 22.8 Å². The van der Waals surface area contributed by atoms with Crippen molar-refractivity contribution in [1.29, 1.82) is 0 Å². The first-order valence-corrected chi connectivity index (χ1v) is 8.35. The van der Waals surface area contributed by atoms with Crippen molar-refractivity contribution in [2.75, 3.05) is 5.32 Å². The quantitative estimate of drug-likeness (QED) is 0.709. The van der Waals surface area contributed by atoms with Gasteiger partial charge in [-0.3, -0.25) is 10.1 Å². The number of carbonyl (C=O) groups excluding carboxylic acids is 2. The van der Waals surface area contributed by atoms with Gasteiger partial charge in [0.05, 0.1) is 11.0 Å². The number of fused-ring (bicyclic) bond motifs is 1. The zero-order valence-electron chi connectivity index (χ0n) is 15.1. The summed E-state index contributed by atoms with van der Waals surface area (Å²) in [7, 11) is 0. The number of aryl methyl sites for hydroxylation is 2. The average Bonchev–Trinajstić information content (AvgIpc) is 2.97. The second-order valence-electron chi connectivity index (χ2n) is 6.31. The summed E-state index contributed by atoms with van der Waals surface area (Å²) in [6, 6.07) is 10.3. The molecular weight excluding hydrogens is 373 g/mol. The minimum atomic E-state index is -4.74. The summed E-state index contributed by atoms with van der Waals surface area (Å²) >= 11 is 0. The lowest BCUT2D eigenvalue weighted by Gasteiger charge is -2.12. The molecule has 0 saturated heterocycles. The standard InChI is InChI=1S/C19H17F3N4O2/c1-11-7-8-13(9-12(11)2)23-18(28)25-16(27)10-26-15-6-4-3-5-14(15)24-17(26)19(20,21)22/h3-9H,10H2,1-2H3,(H2,23,25,27,28). The predicted molar refractivity (Wildman–Crippen MR) is 97.8 cm³/mol. The first-order valence-electron chi connectivity index (χ1n) is 8.35. The van der Waals surface area contributed by atoms with Gasteiger partial charge in [-0.25, -0.2) is 9.78 Å². The van der Waals surface area contributed by atoms with E-state index in [1.807, 2.05) is 19.2 Å². The van der Waals surface area contributed by atoms with Crippen LogP contribution in [0.1, 0.15) is 17.0 Å². The molecule has 3 rings (SSSR count). The molecule has 1 heterocycles. The Morgan fingerprint density at radius 1 is 1.07 bits per heavy atom. The number of alkyl halides is 3. The monoisotopic (exact) mass is 390 g/mol. The van der Waals surface area contributed by atoms with Crippen molar-refractivity contribution in [2.45, 2.75) is 26.6 Å². The van der Waals surface area contributed by atoms with Crippen molar-refractivity contribution in [1.82, 2.24) is 14.9 Å². The van der Waals surface area contributed by atoms with E-state index >= 15 is 0 Å². The molecule has 2 N–H and O–H groups in total. The van der Waals surface area contributed by atoms with Crippen LogP contribution in [-0.2, 0) is 17.5 Å². The predicted octanol–water partition coefficient (Wildman–Crippen LogP) is 4.02. The van der Waals surface area contributed by atoms with Gasteiger partial charge in [-0.1, -0.05) is 18.2 Å². The van der Waals surface area contributed by atoms with E-state index in [1.54, 1.807) is 30.3 Å². The Labute approximate surface area is 158 Å². The van der Waals surface area contributed by atoms with E-state index in [4.69, 9.17) is 0 Å². The molecule has 0 saturated carbocycles. The number of benzene rings is 2. The molecule has 0 bridgehead atoms. The van der Waals surface area contributed by atoms with Crippen LogP contribution in [0, 0.1) is 13.8 Å². The number of hydrogen-bond donors (Lipinski definition) is 2. The Morgan fingerprint density at radius 3 is 2.46 bits per heavy atom. The fraction of sp³-hybridized carbons (Fsp3) is 0.211. The van der Waals surface area contributed by atoms with Crippen LogP contribution >= 0.6 is 0 Å². The number of aromatic nitrogens is 2. The molecular formula is C19H17F3N4O2. The van der Waals surface area contributed by atoms with E-state index in [-0.39, 0.29) is 11.0 Å². The Kier molecular flexibility index (Phi) is 5.08. The number of para-hydroxylation sites is 2. The lowest BCUT2D eigenvalue weighted by atomic mass is 10.1. The van der Waals surface area contributed by atoms with Gasteiger partial charge >= 0.3 is 12.2 Å². The summed E-state index contributed by atoms with van der Waals surface area (Å²) in [4.78, 5) is 27.7. The highest BCUT2D eigenvalue weighted by Crippen LogP contribution is 2.31. The van der Waals surface area contributed by atoms with E-state index < -0.39 is 30.5 Å². The summed E-state index contributed by atoms with van der Waals surface area (Å²) in [5.74, 6) is -2.09. The van der Waals surface area contributed by atoms with Gasteiger partial charge in [-0.2, -0.15) is 13.2 Å². The Balaban J connectivity index is 1.76. The molecule has 6 nitrogen and oxygen atoms in total. The van der Waals surface area contributed by atoms with Crippen LogP contribution in [0.4, 0.5) is 23.7 Å². The number of rotatable bonds is 3. The number of hydrogen-bond acceptors (Lipinski definition) is 3. The largest absolute Gasteiger partial charge is 0.449 e. The first-order chi connectivity index (χ1) is 13.1. The van der Waals surface area contributed by atoms with Gasteiger partial charge in [0, 0.05) is 5.69 Å². The van der Waals surface area contributed by atoms with Crippen LogP contribution in [0.5, 0.6) is 0 Å². The van der Waals surface area contributed by atoms with Crippen LogP contribution in [0.3, 0.4) is 0 Å². The van der Waals surface area contributed by atoms with Crippen molar-refractivity contribution in [3.63, 3.8) is 0 Å². The number of nitrogens with zero attached hydrogens (tertiary/aromatic N) is 2. The molecule has 3 amide bonds. The number of amides is 3. The van der Waals surface area contributed by atoms with E-state index in [0.29, 0.717) is 5.69 Å². The Bertz CT molecular complexity index is 1060. The topological polar surface area (TPSA) is 76.0 Å². The molecule has 0 atom stereocenters. The molecule has 0 aliphatic heterocycles. The smallest absolute Gasteiger partial charge is 0.311 e. The van der Waals surface area contributed by atoms with Crippen molar-refractivity contribution < 1.29 is 22.8 Å². The summed E-state index contributed by atoms with van der Waals surface area (Å²) in [5.41, 5.74) is 2.72. The van der Waals surface area contributed by atoms with Gasteiger partial charge in [-0.05, 0) is 49.2 Å². The first kappa shape index (κ1) is 19.4. The molecule has 0 aliphatic rings. The fourth-order valence-electron chi connectivity index (χ4n) is 2.74.